The van der Waals surface area contributed by atoms with Crippen molar-refractivity contribution < 1.29 is 19.1 Å². The lowest BCUT2D eigenvalue weighted by atomic mass is 9.99. The van der Waals surface area contributed by atoms with E-state index in [1.165, 1.54) is 18.1 Å². The van der Waals surface area contributed by atoms with Crippen molar-refractivity contribution in [2.24, 2.45) is 5.73 Å². The third-order valence-corrected chi connectivity index (χ3v) is 3.99. The van der Waals surface area contributed by atoms with Crippen molar-refractivity contribution in [2.45, 2.75) is 6.42 Å². The molecule has 0 radical (unpaired) electrons. The van der Waals surface area contributed by atoms with E-state index in [0.717, 1.165) is 5.56 Å². The van der Waals surface area contributed by atoms with Gasteiger partial charge in [0, 0.05) is 24.2 Å². The van der Waals surface area contributed by atoms with Gasteiger partial charge >= 0.3 is 6.03 Å². The molecule has 3 N–H and O–H groups in total. The molecule has 0 unspecified atom stereocenters. The van der Waals surface area contributed by atoms with Gasteiger partial charge in [0.2, 0.25) is 5.91 Å². The van der Waals surface area contributed by atoms with Crippen LogP contribution in [0.25, 0.3) is 11.1 Å². The monoisotopic (exact) mass is 339 g/mol. The van der Waals surface area contributed by atoms with E-state index in [0.29, 0.717) is 17.0 Å². The summed E-state index contributed by atoms with van der Waals surface area (Å²) in [6.07, 6.45) is 0.185. The topological polar surface area (TPSA) is 102 Å². The molecule has 25 heavy (non-hydrogen) atoms. The lowest BCUT2D eigenvalue weighted by molar-refractivity contribution is -0.120. The summed E-state index contributed by atoms with van der Waals surface area (Å²) in [5.74, 6) is -0.645. The Kier molecular flexibility index (Phi) is 4.38. The third-order valence-electron chi connectivity index (χ3n) is 3.99. The minimum absolute atomic E-state index is 0.170. The van der Waals surface area contributed by atoms with Gasteiger partial charge in [-0.05, 0) is 17.7 Å². The van der Waals surface area contributed by atoms with Crippen molar-refractivity contribution in [3.63, 3.8) is 0 Å². The summed E-state index contributed by atoms with van der Waals surface area (Å²) in [6, 6.07) is 12.0. The zero-order chi connectivity index (χ0) is 18.0. The van der Waals surface area contributed by atoms with Gasteiger partial charge < -0.3 is 10.5 Å². The Bertz CT molecular complexity index is 849. The van der Waals surface area contributed by atoms with Crippen molar-refractivity contribution in [3.05, 3.63) is 48.0 Å². The molecule has 7 heteroatoms. The average Bonchev–Trinajstić information content (AvgIpc) is 2.61. The number of hydrogen-bond donors (Lipinski definition) is 2. The molecule has 1 fully saturated rings. The van der Waals surface area contributed by atoms with Crippen LogP contribution in [-0.2, 0) is 4.79 Å². The Morgan fingerprint density at radius 2 is 1.92 bits per heavy atom. The number of rotatable bonds is 4. The standard InChI is InChI=1S/C18H17N3O4/c1-25-16-13(11-5-3-2-4-6-11)9-12(10-14(16)17(19)23)21-8-7-15(22)20-18(21)24/h2-6,9-10H,7-8H2,1H3,(H2,19,23)(H,20,22,24). The fraction of sp³-hybridized carbons (Fsp3) is 0.167. The van der Waals surface area contributed by atoms with Crippen LogP contribution in [0.1, 0.15) is 16.8 Å². The number of primary amides is 1. The van der Waals surface area contributed by atoms with Crippen LogP contribution in [0.2, 0.25) is 0 Å². The van der Waals surface area contributed by atoms with Crippen molar-refractivity contribution >= 4 is 23.5 Å². The van der Waals surface area contributed by atoms with Gasteiger partial charge in [-0.1, -0.05) is 30.3 Å². The van der Waals surface area contributed by atoms with Crippen molar-refractivity contribution in [2.75, 3.05) is 18.6 Å². The molecule has 1 saturated heterocycles. The molecule has 4 amide bonds. The van der Waals surface area contributed by atoms with E-state index in [1.54, 1.807) is 6.07 Å². The third kappa shape index (κ3) is 3.16. The number of ether oxygens (including phenoxy) is 1. The Balaban J connectivity index is 2.17. The van der Waals surface area contributed by atoms with Crippen LogP contribution < -0.4 is 20.7 Å². The summed E-state index contributed by atoms with van der Waals surface area (Å²) in [4.78, 5) is 36.8. The number of amides is 4. The second-order valence-electron chi connectivity index (χ2n) is 5.56. The molecule has 2 aromatic carbocycles. The molecule has 1 heterocycles. The van der Waals surface area contributed by atoms with Gasteiger partial charge in [0.1, 0.15) is 5.75 Å². The summed E-state index contributed by atoms with van der Waals surface area (Å²) in [6.45, 7) is 0.226. The van der Waals surface area contributed by atoms with E-state index in [2.05, 4.69) is 5.32 Å². The van der Waals surface area contributed by atoms with Gasteiger partial charge in [-0.2, -0.15) is 0 Å². The number of carbonyl (C=O) groups excluding carboxylic acids is 3. The first-order valence-electron chi connectivity index (χ1n) is 7.70. The van der Waals surface area contributed by atoms with E-state index >= 15 is 0 Å². The largest absolute Gasteiger partial charge is 0.495 e. The van der Waals surface area contributed by atoms with Gasteiger partial charge in [-0.15, -0.1) is 0 Å². The molecule has 7 nitrogen and oxygen atoms in total. The number of carbonyl (C=O) groups is 3. The number of nitrogens with zero attached hydrogens (tertiary/aromatic N) is 1. The van der Waals surface area contributed by atoms with E-state index in [9.17, 15) is 14.4 Å². The highest BCUT2D eigenvalue weighted by molar-refractivity contribution is 6.07. The number of benzene rings is 2. The van der Waals surface area contributed by atoms with Crippen LogP contribution in [0.15, 0.2) is 42.5 Å². The van der Waals surface area contributed by atoms with Crippen LogP contribution in [0.3, 0.4) is 0 Å². The summed E-state index contributed by atoms with van der Waals surface area (Å²) < 4.78 is 5.40. The molecule has 3 rings (SSSR count). The fourth-order valence-corrected chi connectivity index (χ4v) is 2.82. The fourth-order valence-electron chi connectivity index (χ4n) is 2.82. The number of anilines is 1. The Labute approximate surface area is 144 Å². The number of methoxy groups -OCH3 is 1. The molecule has 0 bridgehead atoms. The molecular formula is C18H17N3O4. The maximum atomic E-state index is 12.1. The van der Waals surface area contributed by atoms with Crippen molar-refractivity contribution in [1.29, 1.82) is 0 Å². The van der Waals surface area contributed by atoms with Crippen LogP contribution in [0, 0.1) is 0 Å². The molecule has 0 spiro atoms. The van der Waals surface area contributed by atoms with Crippen LogP contribution >= 0.6 is 0 Å². The Morgan fingerprint density at radius 3 is 2.52 bits per heavy atom. The predicted octanol–water partition coefficient (Wildman–Crippen LogP) is 1.91. The number of nitrogens with one attached hydrogen (secondary N) is 1. The second-order valence-corrected chi connectivity index (χ2v) is 5.56. The minimum atomic E-state index is -0.663. The maximum Gasteiger partial charge on any atom is 0.328 e. The predicted molar refractivity (Wildman–Crippen MR) is 92.4 cm³/mol. The maximum absolute atomic E-state index is 12.1. The second kappa shape index (κ2) is 6.64. The normalized spacial score (nSPS) is 14.2. The molecule has 0 atom stereocenters. The molecule has 0 saturated carbocycles. The number of imide groups is 1. The molecule has 1 aliphatic heterocycles. The highest BCUT2D eigenvalue weighted by Gasteiger charge is 2.27. The summed E-state index contributed by atoms with van der Waals surface area (Å²) in [7, 11) is 1.46. The molecular weight excluding hydrogens is 322 g/mol. The van der Waals surface area contributed by atoms with Gasteiger partial charge in [0.15, 0.2) is 0 Å². The van der Waals surface area contributed by atoms with E-state index in [-0.39, 0.29) is 24.4 Å². The first-order chi connectivity index (χ1) is 12.0. The number of hydrogen-bond acceptors (Lipinski definition) is 4. The smallest absolute Gasteiger partial charge is 0.328 e. The zero-order valence-corrected chi connectivity index (χ0v) is 13.6. The van der Waals surface area contributed by atoms with Crippen molar-refractivity contribution in [3.8, 4) is 16.9 Å². The van der Waals surface area contributed by atoms with Gasteiger partial charge in [-0.25, -0.2) is 4.79 Å². The lowest BCUT2D eigenvalue weighted by Gasteiger charge is -2.28. The van der Waals surface area contributed by atoms with Gasteiger partial charge in [-0.3, -0.25) is 19.8 Å². The molecule has 0 aliphatic carbocycles. The van der Waals surface area contributed by atoms with Crippen LogP contribution in [-0.4, -0.2) is 31.5 Å². The van der Waals surface area contributed by atoms with Crippen molar-refractivity contribution in [1.82, 2.24) is 5.32 Å². The van der Waals surface area contributed by atoms with Gasteiger partial charge in [0.25, 0.3) is 5.91 Å². The summed E-state index contributed by atoms with van der Waals surface area (Å²) in [5.41, 5.74) is 7.60. The Morgan fingerprint density at radius 1 is 1.20 bits per heavy atom. The van der Waals surface area contributed by atoms with E-state index in [1.807, 2.05) is 30.3 Å². The van der Waals surface area contributed by atoms with Crippen LogP contribution in [0.5, 0.6) is 5.75 Å². The number of urea groups is 1. The lowest BCUT2D eigenvalue weighted by Crippen LogP contribution is -2.49. The Hall–Kier alpha value is -3.35. The SMILES string of the molecule is COc1c(C(N)=O)cc(N2CCC(=O)NC2=O)cc1-c1ccccc1. The highest BCUT2D eigenvalue weighted by Crippen LogP contribution is 2.37. The quantitative estimate of drug-likeness (QED) is 0.888. The number of nitrogens with two attached hydrogens (primary N) is 1. The highest BCUT2D eigenvalue weighted by atomic mass is 16.5. The molecule has 2 aromatic rings. The average molecular weight is 339 g/mol. The van der Waals surface area contributed by atoms with Crippen LogP contribution in [0.4, 0.5) is 10.5 Å². The zero-order valence-electron chi connectivity index (χ0n) is 13.6. The van der Waals surface area contributed by atoms with Gasteiger partial charge in [0.05, 0.1) is 12.7 Å². The molecule has 0 aromatic heterocycles. The van der Waals surface area contributed by atoms with E-state index < -0.39 is 11.9 Å². The molecule has 1 aliphatic rings. The van der Waals surface area contributed by atoms with E-state index in [4.69, 9.17) is 10.5 Å². The minimum Gasteiger partial charge on any atom is -0.495 e. The summed E-state index contributed by atoms with van der Waals surface area (Å²) >= 11 is 0. The molecule has 128 valence electrons. The summed E-state index contributed by atoms with van der Waals surface area (Å²) in [5, 5.41) is 2.27. The first kappa shape index (κ1) is 16.5. The first-order valence-corrected chi connectivity index (χ1v) is 7.70.